The number of nitrogens with zero attached hydrogens (tertiary/aromatic N) is 1. The summed E-state index contributed by atoms with van der Waals surface area (Å²) in [6.07, 6.45) is -0.108. The molecule has 10 heteroatoms. The number of nitrogens with two attached hydrogens (primary N) is 1. The van der Waals surface area contributed by atoms with Gasteiger partial charge >= 0.3 is 0 Å². The molecular weight excluding hydrogens is 440 g/mol. The predicted molar refractivity (Wildman–Crippen MR) is 115 cm³/mol. The van der Waals surface area contributed by atoms with Gasteiger partial charge in [0.15, 0.2) is 11.4 Å². The van der Waals surface area contributed by atoms with Gasteiger partial charge in [-0.2, -0.15) is 0 Å². The Morgan fingerprint density at radius 1 is 1.19 bits per heavy atom. The summed E-state index contributed by atoms with van der Waals surface area (Å²) in [5.74, 6) is -6.49. The molecule has 0 heterocycles. The Labute approximate surface area is 187 Å². The number of halogens is 1. The van der Waals surface area contributed by atoms with Crippen LogP contribution >= 0.6 is 11.6 Å². The Bertz CT molecular complexity index is 1280. The van der Waals surface area contributed by atoms with Crippen LogP contribution < -0.4 is 5.73 Å². The van der Waals surface area contributed by atoms with Crippen LogP contribution in [0.2, 0.25) is 5.02 Å². The fraction of sp³-hybridized carbons (Fsp3) is 0.318. The molecule has 0 unspecified atom stereocenters. The zero-order valence-corrected chi connectivity index (χ0v) is 18.2. The monoisotopic (exact) mass is 460 g/mol. The lowest BCUT2D eigenvalue weighted by atomic mass is 9.61. The number of carbonyl (C=O) groups excluding carboxylic acids is 3. The van der Waals surface area contributed by atoms with Crippen molar-refractivity contribution in [3.05, 3.63) is 45.2 Å². The van der Waals surface area contributed by atoms with Crippen molar-refractivity contribution in [2.45, 2.75) is 25.0 Å². The first-order chi connectivity index (χ1) is 14.8. The molecule has 0 aliphatic heterocycles. The maximum Gasteiger partial charge on any atom is 0.255 e. The van der Waals surface area contributed by atoms with Gasteiger partial charge < -0.3 is 26.2 Å². The van der Waals surface area contributed by atoms with Crippen molar-refractivity contribution < 1.29 is 34.8 Å². The average Bonchev–Trinajstić information content (AvgIpc) is 2.69. The number of hydrogen-bond acceptors (Lipinski definition) is 8. The summed E-state index contributed by atoms with van der Waals surface area (Å²) in [7, 11) is 3.06. The highest BCUT2D eigenvalue weighted by atomic mass is 35.5. The van der Waals surface area contributed by atoms with Crippen LogP contribution in [0.1, 0.15) is 21.5 Å². The van der Waals surface area contributed by atoms with Gasteiger partial charge in [-0.05, 0) is 50.7 Å². The first-order valence-electron chi connectivity index (χ1n) is 9.72. The minimum Gasteiger partial charge on any atom is -0.508 e. The molecule has 0 saturated carbocycles. The lowest BCUT2D eigenvalue weighted by Crippen LogP contribution is -2.64. The molecule has 0 spiro atoms. The molecule has 2 aliphatic carbocycles. The number of benzene rings is 2. The van der Waals surface area contributed by atoms with E-state index in [4.69, 9.17) is 17.3 Å². The van der Waals surface area contributed by atoms with E-state index in [-0.39, 0.29) is 28.1 Å². The number of rotatable bonds is 2. The Morgan fingerprint density at radius 3 is 2.38 bits per heavy atom. The van der Waals surface area contributed by atoms with Crippen LogP contribution in [0.4, 0.5) is 0 Å². The number of carbonyl (C=O) groups is 3. The van der Waals surface area contributed by atoms with Crippen LogP contribution in [0.25, 0.3) is 10.8 Å². The van der Waals surface area contributed by atoms with Crippen molar-refractivity contribution in [1.82, 2.24) is 4.90 Å². The summed E-state index contributed by atoms with van der Waals surface area (Å²) < 4.78 is 0. The van der Waals surface area contributed by atoms with E-state index in [2.05, 4.69) is 0 Å². The zero-order chi connectivity index (χ0) is 23.9. The van der Waals surface area contributed by atoms with Crippen LogP contribution in [0.15, 0.2) is 23.5 Å². The second-order valence-corrected chi connectivity index (χ2v) is 8.82. The number of aryl methyl sites for hydroxylation is 1. The van der Waals surface area contributed by atoms with Crippen molar-refractivity contribution in [2.75, 3.05) is 14.1 Å². The van der Waals surface area contributed by atoms with Gasteiger partial charge in [0.1, 0.15) is 22.8 Å². The van der Waals surface area contributed by atoms with Gasteiger partial charge in [0.05, 0.1) is 17.0 Å². The van der Waals surface area contributed by atoms with Crippen LogP contribution in [0.5, 0.6) is 11.5 Å². The number of hydrogen-bond donors (Lipinski definition) is 5. The number of Topliss-reactive ketones (excluding diaryl/α,β-unsaturated/α-hetero) is 2. The molecule has 4 rings (SSSR count). The number of aromatic hydroxyl groups is 2. The second kappa shape index (κ2) is 6.93. The SMILES string of the molecule is Cc1c2c(c(O)c3c(O)ccc(Cl)c13)C(=O)[C@]1(O)C(O)=C(C(N)=O)C(=O)[C@@H](N(C)C)[C@H]1C2. The summed E-state index contributed by atoms with van der Waals surface area (Å²) in [4.78, 5) is 40.0. The minimum absolute atomic E-state index is 0.0845. The maximum atomic E-state index is 13.6. The van der Waals surface area contributed by atoms with Crippen molar-refractivity contribution in [1.29, 1.82) is 0 Å². The summed E-state index contributed by atoms with van der Waals surface area (Å²) in [5.41, 5.74) is 2.19. The molecule has 2 aromatic carbocycles. The van der Waals surface area contributed by atoms with Gasteiger partial charge in [-0.25, -0.2) is 0 Å². The Morgan fingerprint density at radius 2 is 1.81 bits per heavy atom. The first kappa shape index (κ1) is 22.1. The van der Waals surface area contributed by atoms with Gasteiger partial charge in [0.25, 0.3) is 5.91 Å². The molecular formula is C22H21ClN2O7. The second-order valence-electron chi connectivity index (χ2n) is 8.41. The van der Waals surface area contributed by atoms with Gasteiger partial charge in [0, 0.05) is 16.3 Å². The maximum absolute atomic E-state index is 13.6. The molecule has 3 atom stereocenters. The number of aliphatic hydroxyl groups excluding tert-OH is 1. The number of likely N-dealkylation sites (N-methyl/N-ethyl adjacent to an activating group) is 1. The Hall–Kier alpha value is -3.14. The van der Waals surface area contributed by atoms with Crippen molar-refractivity contribution >= 4 is 39.8 Å². The quantitative estimate of drug-likeness (QED) is 0.416. The third kappa shape index (κ3) is 2.55. The molecule has 2 aliphatic rings. The Balaban J connectivity index is 2.13. The van der Waals surface area contributed by atoms with E-state index in [1.807, 2.05) is 0 Å². The number of aliphatic hydroxyl groups is 2. The summed E-state index contributed by atoms with van der Waals surface area (Å²) in [5, 5.41) is 44.0. The normalized spacial score (nSPS) is 25.3. The molecule has 9 nitrogen and oxygen atoms in total. The third-order valence-corrected chi connectivity index (χ3v) is 6.88. The number of amides is 1. The van der Waals surface area contributed by atoms with E-state index in [1.54, 1.807) is 6.92 Å². The van der Waals surface area contributed by atoms with Crippen molar-refractivity contribution in [3.63, 3.8) is 0 Å². The highest BCUT2D eigenvalue weighted by Gasteiger charge is 2.62. The number of fused-ring (bicyclic) bond motifs is 3. The molecule has 6 N–H and O–H groups in total. The average molecular weight is 461 g/mol. The van der Waals surface area contributed by atoms with E-state index in [1.165, 1.54) is 31.1 Å². The van der Waals surface area contributed by atoms with Crippen LogP contribution in [-0.4, -0.2) is 68.5 Å². The van der Waals surface area contributed by atoms with Gasteiger partial charge in [-0.15, -0.1) is 0 Å². The van der Waals surface area contributed by atoms with Crippen LogP contribution in [0.3, 0.4) is 0 Å². The predicted octanol–water partition coefficient (Wildman–Crippen LogP) is 1.11. The summed E-state index contributed by atoms with van der Waals surface area (Å²) in [6.45, 7) is 1.64. The third-order valence-electron chi connectivity index (χ3n) is 6.57. The van der Waals surface area contributed by atoms with Gasteiger partial charge in [0.2, 0.25) is 5.78 Å². The minimum atomic E-state index is -2.69. The number of phenols is 2. The highest BCUT2D eigenvalue weighted by Crippen LogP contribution is 2.51. The van der Waals surface area contributed by atoms with E-state index >= 15 is 0 Å². The van der Waals surface area contributed by atoms with Crippen LogP contribution in [0, 0.1) is 12.8 Å². The van der Waals surface area contributed by atoms with E-state index in [0.717, 1.165) is 0 Å². The van der Waals surface area contributed by atoms with Crippen molar-refractivity contribution in [3.8, 4) is 11.5 Å². The van der Waals surface area contributed by atoms with Gasteiger partial charge in [-0.1, -0.05) is 11.6 Å². The molecule has 2 aromatic rings. The van der Waals surface area contributed by atoms with Gasteiger partial charge in [-0.3, -0.25) is 19.3 Å². The number of ketones is 2. The molecule has 0 saturated heterocycles. The molecule has 0 aromatic heterocycles. The largest absolute Gasteiger partial charge is 0.508 e. The van der Waals surface area contributed by atoms with E-state index < -0.39 is 52.1 Å². The lowest BCUT2D eigenvalue weighted by molar-refractivity contribution is -0.132. The first-order valence-corrected chi connectivity index (χ1v) is 10.1. The van der Waals surface area contributed by atoms with E-state index in [9.17, 15) is 34.8 Å². The fourth-order valence-corrected chi connectivity index (χ4v) is 5.40. The molecule has 0 radical (unpaired) electrons. The standard InChI is InChI=1S/C22H21ClN2O7/c1-7-8-6-9-16(25(2)3)18(28)15(21(24)31)20(30)22(9,32)19(29)13(8)17(27)14-11(26)5-4-10(23)12(7)14/h4-5,9,16,26-27,30,32H,6H2,1-3H3,(H2,24,31)/t9-,16+,22+/m1/s1. The molecule has 32 heavy (non-hydrogen) atoms. The number of primary amides is 1. The molecule has 0 fully saturated rings. The molecule has 168 valence electrons. The van der Waals surface area contributed by atoms with Crippen molar-refractivity contribution in [2.24, 2.45) is 11.7 Å². The fourth-order valence-electron chi connectivity index (χ4n) is 5.10. The molecule has 0 bridgehead atoms. The summed E-state index contributed by atoms with van der Waals surface area (Å²) in [6, 6.07) is 1.54. The zero-order valence-electron chi connectivity index (χ0n) is 17.4. The molecule has 1 amide bonds. The topological polar surface area (TPSA) is 161 Å². The number of phenolic OH excluding ortho intramolecular Hbond substituents is 2. The van der Waals surface area contributed by atoms with E-state index in [0.29, 0.717) is 16.5 Å². The lowest BCUT2D eigenvalue weighted by Gasteiger charge is -2.47. The van der Waals surface area contributed by atoms with Crippen LogP contribution in [-0.2, 0) is 16.0 Å². The highest BCUT2D eigenvalue weighted by molar-refractivity contribution is 6.37. The smallest absolute Gasteiger partial charge is 0.255 e. The Kier molecular flexibility index (Phi) is 4.78. The summed E-state index contributed by atoms with van der Waals surface area (Å²) >= 11 is 6.31.